The molecule has 0 aromatic rings. The van der Waals surface area contributed by atoms with Gasteiger partial charge in [-0.25, -0.2) is 0 Å². The Kier molecular flexibility index (Phi) is 4.39. The minimum atomic E-state index is 0.573. The lowest BCUT2D eigenvalue weighted by Gasteiger charge is -2.42. The summed E-state index contributed by atoms with van der Waals surface area (Å²) in [6.45, 7) is 11.6. The molecular formula is C12H25NO. The standard InChI is InChI=1S/C12H25NO/c1-11(2)12(3)5-7-13(8-6-12)9-10-14-4/h11H,5-10H2,1-4H3. The van der Waals surface area contributed by atoms with Gasteiger partial charge in [0.25, 0.3) is 0 Å². The highest BCUT2D eigenvalue weighted by Gasteiger charge is 2.32. The highest BCUT2D eigenvalue weighted by atomic mass is 16.5. The minimum absolute atomic E-state index is 0.573. The second-order valence-corrected chi connectivity index (χ2v) is 5.14. The summed E-state index contributed by atoms with van der Waals surface area (Å²) in [4.78, 5) is 2.52. The molecule has 84 valence electrons. The van der Waals surface area contributed by atoms with Gasteiger partial charge in [-0.2, -0.15) is 0 Å². The van der Waals surface area contributed by atoms with Crippen molar-refractivity contribution in [1.82, 2.24) is 4.90 Å². The Morgan fingerprint density at radius 1 is 1.29 bits per heavy atom. The van der Waals surface area contributed by atoms with E-state index >= 15 is 0 Å². The van der Waals surface area contributed by atoms with E-state index in [1.54, 1.807) is 7.11 Å². The molecule has 0 bridgehead atoms. The van der Waals surface area contributed by atoms with E-state index in [2.05, 4.69) is 25.7 Å². The third-order valence-corrected chi connectivity index (χ3v) is 4.00. The number of nitrogens with zero attached hydrogens (tertiary/aromatic N) is 1. The van der Waals surface area contributed by atoms with E-state index in [4.69, 9.17) is 4.74 Å². The van der Waals surface area contributed by atoms with E-state index in [1.165, 1.54) is 25.9 Å². The average Bonchev–Trinajstić information content (AvgIpc) is 2.17. The number of methoxy groups -OCH3 is 1. The Morgan fingerprint density at radius 3 is 2.29 bits per heavy atom. The van der Waals surface area contributed by atoms with Crippen molar-refractivity contribution >= 4 is 0 Å². The fourth-order valence-electron chi connectivity index (χ4n) is 2.09. The Labute approximate surface area is 88.6 Å². The molecule has 1 saturated heterocycles. The van der Waals surface area contributed by atoms with Crippen molar-refractivity contribution in [2.75, 3.05) is 33.4 Å². The van der Waals surface area contributed by atoms with Gasteiger partial charge in [0.05, 0.1) is 6.61 Å². The Hall–Kier alpha value is -0.0800. The van der Waals surface area contributed by atoms with Gasteiger partial charge in [-0.3, -0.25) is 0 Å². The number of hydrogen-bond acceptors (Lipinski definition) is 2. The predicted octanol–water partition coefficient (Wildman–Crippen LogP) is 2.39. The van der Waals surface area contributed by atoms with E-state index in [9.17, 15) is 0 Å². The molecule has 0 amide bonds. The zero-order valence-electron chi connectivity index (χ0n) is 10.2. The van der Waals surface area contributed by atoms with E-state index in [-0.39, 0.29) is 0 Å². The van der Waals surface area contributed by atoms with Gasteiger partial charge < -0.3 is 9.64 Å². The molecule has 0 aliphatic carbocycles. The monoisotopic (exact) mass is 199 g/mol. The molecule has 0 unspecified atom stereocenters. The maximum absolute atomic E-state index is 5.10. The minimum Gasteiger partial charge on any atom is -0.383 e. The van der Waals surface area contributed by atoms with E-state index in [1.807, 2.05) is 0 Å². The number of piperidine rings is 1. The zero-order valence-corrected chi connectivity index (χ0v) is 10.2. The van der Waals surface area contributed by atoms with Gasteiger partial charge in [0.1, 0.15) is 0 Å². The third kappa shape index (κ3) is 2.96. The van der Waals surface area contributed by atoms with Crippen LogP contribution in [-0.2, 0) is 4.74 Å². The van der Waals surface area contributed by atoms with Gasteiger partial charge >= 0.3 is 0 Å². The largest absolute Gasteiger partial charge is 0.383 e. The van der Waals surface area contributed by atoms with Crippen molar-refractivity contribution in [2.24, 2.45) is 11.3 Å². The van der Waals surface area contributed by atoms with Crippen LogP contribution in [0.25, 0.3) is 0 Å². The first kappa shape index (κ1) is 12.0. The number of hydrogen-bond donors (Lipinski definition) is 0. The summed E-state index contributed by atoms with van der Waals surface area (Å²) in [5.74, 6) is 0.812. The smallest absolute Gasteiger partial charge is 0.0589 e. The summed E-state index contributed by atoms with van der Waals surface area (Å²) in [5.41, 5.74) is 0.573. The molecule has 0 saturated carbocycles. The molecule has 1 heterocycles. The first-order chi connectivity index (χ1) is 6.58. The van der Waals surface area contributed by atoms with Gasteiger partial charge in [0.2, 0.25) is 0 Å². The molecule has 1 fully saturated rings. The molecule has 0 atom stereocenters. The first-order valence-electron chi connectivity index (χ1n) is 5.80. The van der Waals surface area contributed by atoms with Gasteiger partial charge in [-0.1, -0.05) is 20.8 Å². The van der Waals surface area contributed by atoms with Crippen molar-refractivity contribution in [2.45, 2.75) is 33.6 Å². The summed E-state index contributed by atoms with van der Waals surface area (Å²) in [7, 11) is 1.78. The van der Waals surface area contributed by atoms with Crippen LogP contribution in [0.15, 0.2) is 0 Å². The molecule has 14 heavy (non-hydrogen) atoms. The van der Waals surface area contributed by atoms with E-state index < -0.39 is 0 Å². The molecule has 0 aromatic heterocycles. The van der Waals surface area contributed by atoms with Crippen LogP contribution in [0.4, 0.5) is 0 Å². The van der Waals surface area contributed by atoms with Crippen molar-refractivity contribution in [3.63, 3.8) is 0 Å². The Bertz CT molecular complexity index is 160. The lowest BCUT2D eigenvalue weighted by atomic mass is 9.72. The molecule has 2 nitrogen and oxygen atoms in total. The molecular weight excluding hydrogens is 174 g/mol. The van der Waals surface area contributed by atoms with Crippen molar-refractivity contribution in [3.8, 4) is 0 Å². The van der Waals surface area contributed by atoms with Crippen LogP contribution in [-0.4, -0.2) is 38.3 Å². The zero-order chi connectivity index (χ0) is 10.6. The van der Waals surface area contributed by atoms with Crippen molar-refractivity contribution < 1.29 is 4.74 Å². The van der Waals surface area contributed by atoms with Gasteiger partial charge in [-0.05, 0) is 37.3 Å². The fourth-order valence-corrected chi connectivity index (χ4v) is 2.09. The van der Waals surface area contributed by atoms with Crippen LogP contribution in [0.1, 0.15) is 33.6 Å². The Morgan fingerprint density at radius 2 is 1.86 bits per heavy atom. The van der Waals surface area contributed by atoms with Gasteiger partial charge in [0.15, 0.2) is 0 Å². The number of ether oxygens (including phenoxy) is 1. The lowest BCUT2D eigenvalue weighted by Crippen LogP contribution is -2.42. The SMILES string of the molecule is COCCN1CCC(C)(C(C)C)CC1. The highest BCUT2D eigenvalue weighted by Crippen LogP contribution is 2.37. The topological polar surface area (TPSA) is 12.5 Å². The molecule has 0 N–H and O–H groups in total. The summed E-state index contributed by atoms with van der Waals surface area (Å²) < 4.78 is 5.10. The molecule has 1 aliphatic rings. The Balaban J connectivity index is 2.30. The molecule has 0 radical (unpaired) electrons. The molecule has 0 spiro atoms. The second kappa shape index (κ2) is 5.13. The maximum Gasteiger partial charge on any atom is 0.0589 e. The predicted molar refractivity (Wildman–Crippen MR) is 60.5 cm³/mol. The lowest BCUT2D eigenvalue weighted by molar-refractivity contribution is 0.0604. The van der Waals surface area contributed by atoms with Gasteiger partial charge in [0, 0.05) is 13.7 Å². The number of likely N-dealkylation sites (tertiary alicyclic amines) is 1. The summed E-state index contributed by atoms with van der Waals surface area (Å²) in [6, 6.07) is 0. The van der Waals surface area contributed by atoms with Crippen LogP contribution < -0.4 is 0 Å². The van der Waals surface area contributed by atoms with Crippen LogP contribution in [0, 0.1) is 11.3 Å². The molecule has 1 aliphatic heterocycles. The summed E-state index contributed by atoms with van der Waals surface area (Å²) in [6.07, 6.45) is 2.68. The van der Waals surface area contributed by atoms with Crippen molar-refractivity contribution in [1.29, 1.82) is 0 Å². The van der Waals surface area contributed by atoms with Crippen LogP contribution in [0.2, 0.25) is 0 Å². The van der Waals surface area contributed by atoms with Gasteiger partial charge in [-0.15, -0.1) is 0 Å². The maximum atomic E-state index is 5.10. The first-order valence-corrected chi connectivity index (χ1v) is 5.80. The molecule has 0 aromatic carbocycles. The van der Waals surface area contributed by atoms with Crippen LogP contribution in [0.5, 0.6) is 0 Å². The number of rotatable bonds is 4. The molecule has 2 heteroatoms. The second-order valence-electron chi connectivity index (χ2n) is 5.14. The van der Waals surface area contributed by atoms with Crippen LogP contribution >= 0.6 is 0 Å². The van der Waals surface area contributed by atoms with Crippen molar-refractivity contribution in [3.05, 3.63) is 0 Å². The average molecular weight is 199 g/mol. The quantitative estimate of drug-likeness (QED) is 0.689. The van der Waals surface area contributed by atoms with E-state index in [0.717, 1.165) is 19.1 Å². The summed E-state index contributed by atoms with van der Waals surface area (Å²) in [5, 5.41) is 0. The van der Waals surface area contributed by atoms with E-state index in [0.29, 0.717) is 5.41 Å². The summed E-state index contributed by atoms with van der Waals surface area (Å²) >= 11 is 0. The fraction of sp³-hybridized carbons (Fsp3) is 1.00. The van der Waals surface area contributed by atoms with Crippen LogP contribution in [0.3, 0.4) is 0 Å². The third-order valence-electron chi connectivity index (χ3n) is 4.00. The molecule has 1 rings (SSSR count). The normalized spacial score (nSPS) is 22.9. The highest BCUT2D eigenvalue weighted by molar-refractivity contribution is 4.84.